The Bertz CT molecular complexity index is 673. The molecule has 1 fully saturated rings. The quantitative estimate of drug-likeness (QED) is 0.656. The van der Waals surface area contributed by atoms with E-state index in [1.165, 1.54) is 17.0 Å². The van der Waals surface area contributed by atoms with E-state index in [1.54, 1.807) is 23.9 Å². The van der Waals surface area contributed by atoms with E-state index in [-0.39, 0.29) is 11.8 Å². The lowest BCUT2D eigenvalue weighted by molar-refractivity contribution is 0.195. The number of urea groups is 1. The third-order valence-corrected chi connectivity index (χ3v) is 5.16. The maximum atomic E-state index is 13.0. The zero-order valence-corrected chi connectivity index (χ0v) is 14.8. The highest BCUT2D eigenvalue weighted by Crippen LogP contribution is 2.17. The van der Waals surface area contributed by atoms with Crippen LogP contribution in [0, 0.1) is 5.82 Å². The number of thioether (sulfide) groups is 1. The van der Waals surface area contributed by atoms with E-state index in [0.717, 1.165) is 24.5 Å². The van der Waals surface area contributed by atoms with Gasteiger partial charge in [0.2, 0.25) is 0 Å². The first-order valence-electron chi connectivity index (χ1n) is 8.43. The van der Waals surface area contributed by atoms with Crippen molar-refractivity contribution in [3.05, 3.63) is 60.4 Å². The summed E-state index contributed by atoms with van der Waals surface area (Å²) < 4.78 is 13.0. The molecule has 2 aromatic carbocycles. The minimum Gasteiger partial charge on any atom is -0.368 e. The number of hydrogen-bond acceptors (Lipinski definition) is 3. The fourth-order valence-electron chi connectivity index (χ4n) is 2.78. The van der Waals surface area contributed by atoms with Crippen LogP contribution < -0.4 is 10.2 Å². The van der Waals surface area contributed by atoms with Gasteiger partial charge in [-0.2, -0.15) is 0 Å². The molecule has 1 saturated heterocycles. The molecule has 0 atom stereocenters. The number of amides is 2. The predicted molar refractivity (Wildman–Crippen MR) is 101 cm³/mol. The van der Waals surface area contributed by atoms with Gasteiger partial charge in [-0.15, -0.1) is 11.8 Å². The fourth-order valence-corrected chi connectivity index (χ4v) is 3.56. The van der Waals surface area contributed by atoms with E-state index >= 15 is 0 Å². The summed E-state index contributed by atoms with van der Waals surface area (Å²) in [6, 6.07) is 16.7. The molecule has 1 aliphatic heterocycles. The molecule has 132 valence electrons. The Balaban J connectivity index is 1.37. The van der Waals surface area contributed by atoms with Crippen molar-refractivity contribution in [3.8, 4) is 0 Å². The van der Waals surface area contributed by atoms with Crippen LogP contribution in [0.4, 0.5) is 14.9 Å². The van der Waals surface area contributed by atoms with Crippen molar-refractivity contribution in [1.82, 2.24) is 10.2 Å². The third kappa shape index (κ3) is 5.13. The summed E-state index contributed by atoms with van der Waals surface area (Å²) in [5, 5.41) is 2.98. The highest BCUT2D eigenvalue weighted by Gasteiger charge is 2.20. The minimum absolute atomic E-state index is 0.00702. The van der Waals surface area contributed by atoms with Crippen molar-refractivity contribution in [2.45, 2.75) is 4.90 Å². The number of carbonyl (C=O) groups excluding carboxylic acids is 1. The SMILES string of the molecule is O=C(NCCSc1ccccc1)N1CCN(c2ccc(F)cc2)CC1. The van der Waals surface area contributed by atoms with Gasteiger partial charge in [0.05, 0.1) is 0 Å². The van der Waals surface area contributed by atoms with E-state index in [1.807, 2.05) is 23.1 Å². The largest absolute Gasteiger partial charge is 0.368 e. The smallest absolute Gasteiger partial charge is 0.317 e. The summed E-state index contributed by atoms with van der Waals surface area (Å²) in [5.74, 6) is 0.626. The Morgan fingerprint density at radius 3 is 2.36 bits per heavy atom. The molecule has 25 heavy (non-hydrogen) atoms. The normalized spacial score (nSPS) is 14.4. The molecule has 2 aromatic rings. The zero-order chi connectivity index (χ0) is 17.5. The van der Waals surface area contributed by atoms with Gasteiger partial charge >= 0.3 is 6.03 Å². The lowest BCUT2D eigenvalue weighted by Gasteiger charge is -2.36. The number of nitrogens with one attached hydrogen (secondary N) is 1. The second kappa shape index (κ2) is 8.76. The lowest BCUT2D eigenvalue weighted by atomic mass is 10.2. The van der Waals surface area contributed by atoms with Crippen LogP contribution in [0.2, 0.25) is 0 Å². The number of rotatable bonds is 5. The number of anilines is 1. The summed E-state index contributed by atoms with van der Waals surface area (Å²) in [5.41, 5.74) is 1.00. The summed E-state index contributed by atoms with van der Waals surface area (Å²) in [6.07, 6.45) is 0. The van der Waals surface area contributed by atoms with Gasteiger partial charge in [0.15, 0.2) is 0 Å². The summed E-state index contributed by atoms with van der Waals surface area (Å²) in [7, 11) is 0. The molecule has 0 spiro atoms. The first kappa shape index (κ1) is 17.6. The molecule has 6 heteroatoms. The molecule has 1 N–H and O–H groups in total. The predicted octanol–water partition coefficient (Wildman–Crippen LogP) is 3.45. The molecular weight excluding hydrogens is 337 g/mol. The van der Waals surface area contributed by atoms with Crippen molar-refractivity contribution in [1.29, 1.82) is 0 Å². The van der Waals surface area contributed by atoms with Crippen LogP contribution in [0.15, 0.2) is 59.5 Å². The van der Waals surface area contributed by atoms with Gasteiger partial charge in [-0.1, -0.05) is 18.2 Å². The molecule has 1 aliphatic rings. The molecule has 0 aliphatic carbocycles. The van der Waals surface area contributed by atoms with Gasteiger partial charge in [-0.05, 0) is 36.4 Å². The highest BCUT2D eigenvalue weighted by atomic mass is 32.2. The first-order chi connectivity index (χ1) is 12.2. The Morgan fingerprint density at radius 1 is 1.00 bits per heavy atom. The monoisotopic (exact) mass is 359 g/mol. The van der Waals surface area contributed by atoms with Crippen LogP contribution in [-0.2, 0) is 0 Å². The molecule has 3 rings (SSSR count). The number of hydrogen-bond donors (Lipinski definition) is 1. The summed E-state index contributed by atoms with van der Waals surface area (Å²) >= 11 is 1.74. The minimum atomic E-state index is -0.227. The number of benzene rings is 2. The van der Waals surface area contributed by atoms with Gasteiger partial charge in [0.1, 0.15) is 5.82 Å². The summed E-state index contributed by atoms with van der Waals surface area (Å²) in [6.45, 7) is 3.52. The van der Waals surface area contributed by atoms with E-state index in [9.17, 15) is 9.18 Å². The third-order valence-electron chi connectivity index (χ3n) is 4.15. The fraction of sp³-hybridized carbons (Fsp3) is 0.316. The molecule has 0 bridgehead atoms. The lowest BCUT2D eigenvalue weighted by Crippen LogP contribution is -2.52. The number of piperazine rings is 1. The van der Waals surface area contributed by atoms with Gasteiger partial charge in [-0.25, -0.2) is 9.18 Å². The Labute approximate surface area is 152 Å². The van der Waals surface area contributed by atoms with Crippen molar-refractivity contribution in [2.24, 2.45) is 0 Å². The van der Waals surface area contributed by atoms with Crippen LogP contribution in [0.5, 0.6) is 0 Å². The number of halogens is 1. The molecule has 0 radical (unpaired) electrons. The second-order valence-electron chi connectivity index (χ2n) is 5.84. The number of carbonyl (C=O) groups is 1. The molecule has 2 amide bonds. The number of nitrogens with zero attached hydrogens (tertiary/aromatic N) is 2. The van der Waals surface area contributed by atoms with Crippen LogP contribution >= 0.6 is 11.8 Å². The van der Waals surface area contributed by atoms with Crippen LogP contribution in [-0.4, -0.2) is 49.4 Å². The van der Waals surface area contributed by atoms with Gasteiger partial charge in [0.25, 0.3) is 0 Å². The van der Waals surface area contributed by atoms with Gasteiger partial charge < -0.3 is 15.1 Å². The van der Waals surface area contributed by atoms with Crippen molar-refractivity contribution in [2.75, 3.05) is 43.4 Å². The topological polar surface area (TPSA) is 35.6 Å². The average Bonchev–Trinajstić information content (AvgIpc) is 2.67. The molecule has 0 aromatic heterocycles. The van der Waals surface area contributed by atoms with Crippen LogP contribution in [0.1, 0.15) is 0 Å². The molecule has 4 nitrogen and oxygen atoms in total. The molecular formula is C19H22FN3OS. The Hall–Kier alpha value is -2.21. The van der Waals surface area contributed by atoms with E-state index in [4.69, 9.17) is 0 Å². The van der Waals surface area contributed by atoms with Gasteiger partial charge in [-0.3, -0.25) is 0 Å². The van der Waals surface area contributed by atoms with Crippen LogP contribution in [0.3, 0.4) is 0 Å². The molecule has 0 saturated carbocycles. The Morgan fingerprint density at radius 2 is 1.68 bits per heavy atom. The molecule has 1 heterocycles. The summed E-state index contributed by atoms with van der Waals surface area (Å²) in [4.78, 5) is 17.5. The van der Waals surface area contributed by atoms with E-state index < -0.39 is 0 Å². The standard InChI is InChI=1S/C19H22FN3OS/c20-16-6-8-17(9-7-16)22-11-13-23(14-12-22)19(24)21-10-15-25-18-4-2-1-3-5-18/h1-9H,10-15H2,(H,21,24). The molecule has 0 unspecified atom stereocenters. The van der Waals surface area contributed by atoms with Crippen molar-refractivity contribution in [3.63, 3.8) is 0 Å². The van der Waals surface area contributed by atoms with E-state index in [0.29, 0.717) is 19.6 Å². The average molecular weight is 359 g/mol. The first-order valence-corrected chi connectivity index (χ1v) is 9.42. The van der Waals surface area contributed by atoms with Crippen molar-refractivity contribution < 1.29 is 9.18 Å². The second-order valence-corrected chi connectivity index (χ2v) is 7.01. The van der Waals surface area contributed by atoms with Crippen LogP contribution in [0.25, 0.3) is 0 Å². The maximum Gasteiger partial charge on any atom is 0.317 e. The van der Waals surface area contributed by atoms with E-state index in [2.05, 4.69) is 22.3 Å². The highest BCUT2D eigenvalue weighted by molar-refractivity contribution is 7.99. The van der Waals surface area contributed by atoms with Gasteiger partial charge in [0, 0.05) is 49.1 Å². The Kier molecular flexibility index (Phi) is 6.17. The maximum absolute atomic E-state index is 13.0. The van der Waals surface area contributed by atoms with Crippen molar-refractivity contribution >= 4 is 23.5 Å². The zero-order valence-electron chi connectivity index (χ0n) is 14.0.